The Morgan fingerprint density at radius 1 is 1.45 bits per heavy atom. The molecule has 0 unspecified atom stereocenters. The van der Waals surface area contributed by atoms with Crippen LogP contribution in [0.25, 0.3) is 0 Å². The molecule has 2 aromatic rings. The predicted octanol–water partition coefficient (Wildman–Crippen LogP) is 1.12. The van der Waals surface area contributed by atoms with Gasteiger partial charge in [0.1, 0.15) is 0 Å². The number of ketones is 1. The largest absolute Gasteiger partial charge is 0.491 e. The van der Waals surface area contributed by atoms with Crippen LogP contribution in [0.1, 0.15) is 38.2 Å². The molecular weight excluding hydrogens is 303 g/mol. The molecule has 1 aliphatic heterocycles. The predicted molar refractivity (Wildman–Crippen MR) is 83.6 cm³/mol. The number of hydrogen-bond donors (Lipinski definition) is 2. The number of anilines is 1. The molecule has 3 rings (SSSR count). The average Bonchev–Trinajstić information content (AvgIpc) is 3.02. The number of thiazole rings is 1. The van der Waals surface area contributed by atoms with E-state index >= 15 is 0 Å². The molecule has 6 nitrogen and oxygen atoms in total. The first kappa shape index (κ1) is 14.9. The average molecular weight is 316 g/mol. The number of hydrogen-bond acceptors (Lipinski definition) is 6. The summed E-state index contributed by atoms with van der Waals surface area (Å²) < 4.78 is 5.10. The number of fused-ring (bicyclic) bond motifs is 1. The summed E-state index contributed by atoms with van der Waals surface area (Å²) in [5.41, 5.74) is 2.48. The molecule has 0 saturated carbocycles. The molecule has 2 heterocycles. The number of nitrogens with one attached hydrogen (secondary N) is 1. The van der Waals surface area contributed by atoms with Crippen LogP contribution in [0.2, 0.25) is 0 Å². The number of amides is 1. The molecule has 1 aromatic carbocycles. The van der Waals surface area contributed by atoms with Gasteiger partial charge in [-0.05, 0) is 30.1 Å². The minimum absolute atomic E-state index is 0.0756. The van der Waals surface area contributed by atoms with Crippen molar-refractivity contribution in [3.63, 3.8) is 0 Å². The van der Waals surface area contributed by atoms with Crippen LogP contribution in [0, 0.1) is 6.92 Å². The summed E-state index contributed by atoms with van der Waals surface area (Å²) >= 11 is 1.15. The molecule has 0 radical (unpaired) electrons. The fourth-order valence-electron chi connectivity index (χ4n) is 2.30. The number of carbonyl (C=O) groups excluding carboxylic acids is 2. The fourth-order valence-corrected chi connectivity index (χ4v) is 3.16. The first-order valence-corrected chi connectivity index (χ1v) is 7.49. The van der Waals surface area contributed by atoms with E-state index in [0.717, 1.165) is 16.9 Å². The summed E-state index contributed by atoms with van der Waals surface area (Å²) in [6.07, 6.45) is 0. The molecule has 1 aliphatic rings. The molecule has 0 atom stereocenters. The van der Waals surface area contributed by atoms with E-state index < -0.39 is 7.12 Å². The van der Waals surface area contributed by atoms with Crippen molar-refractivity contribution in [2.45, 2.75) is 20.5 Å². The molecule has 1 aromatic heterocycles. The molecular formula is C14H13BN2O4S. The zero-order valence-electron chi connectivity index (χ0n) is 12.0. The van der Waals surface area contributed by atoms with Crippen molar-refractivity contribution in [2.75, 3.05) is 5.32 Å². The van der Waals surface area contributed by atoms with Crippen molar-refractivity contribution in [1.82, 2.24) is 4.98 Å². The number of benzene rings is 1. The highest BCUT2D eigenvalue weighted by Gasteiger charge is 2.28. The Labute approximate surface area is 131 Å². The van der Waals surface area contributed by atoms with Crippen molar-refractivity contribution in [1.29, 1.82) is 0 Å². The number of carbonyl (C=O) groups is 2. The second-order valence-electron chi connectivity index (χ2n) is 5.02. The molecule has 1 amide bonds. The minimum atomic E-state index is -0.992. The maximum atomic E-state index is 12.3. The SMILES string of the molecule is CC(=O)c1sc(NC(=O)c2ccc3c(c2)B(O)OC3)nc1C. The number of rotatable bonds is 3. The fraction of sp³-hybridized carbons (Fsp3) is 0.214. The lowest BCUT2D eigenvalue weighted by molar-refractivity contribution is 0.101. The Morgan fingerprint density at radius 2 is 2.23 bits per heavy atom. The van der Waals surface area contributed by atoms with Crippen LogP contribution < -0.4 is 10.8 Å². The third kappa shape index (κ3) is 2.68. The van der Waals surface area contributed by atoms with Crippen LogP contribution in [-0.4, -0.2) is 28.8 Å². The van der Waals surface area contributed by atoms with Gasteiger partial charge >= 0.3 is 7.12 Å². The van der Waals surface area contributed by atoms with Gasteiger partial charge in [0.15, 0.2) is 10.9 Å². The Balaban J connectivity index is 1.82. The number of nitrogens with zero attached hydrogens (tertiary/aromatic N) is 1. The van der Waals surface area contributed by atoms with Crippen molar-refractivity contribution in [3.05, 3.63) is 39.9 Å². The standard InChI is InChI=1S/C14H13BN2O4S/c1-7-12(8(2)18)22-14(16-7)17-13(19)9-3-4-10-6-21-15(20)11(10)5-9/h3-5,20H,6H2,1-2H3,(H,16,17,19). The van der Waals surface area contributed by atoms with Crippen LogP contribution >= 0.6 is 11.3 Å². The Bertz CT molecular complexity index is 774. The van der Waals surface area contributed by atoms with E-state index in [9.17, 15) is 14.6 Å². The summed E-state index contributed by atoms with van der Waals surface area (Å²) in [5, 5.41) is 12.7. The lowest BCUT2D eigenvalue weighted by Crippen LogP contribution is -2.29. The van der Waals surface area contributed by atoms with E-state index in [1.807, 2.05) is 0 Å². The van der Waals surface area contributed by atoms with Gasteiger partial charge in [-0.15, -0.1) is 0 Å². The Morgan fingerprint density at radius 3 is 2.91 bits per heavy atom. The zero-order valence-corrected chi connectivity index (χ0v) is 12.9. The van der Waals surface area contributed by atoms with E-state index in [-0.39, 0.29) is 11.7 Å². The quantitative estimate of drug-likeness (QED) is 0.654. The van der Waals surface area contributed by atoms with E-state index in [4.69, 9.17) is 4.65 Å². The van der Waals surface area contributed by atoms with Gasteiger partial charge in [0.25, 0.3) is 5.91 Å². The number of aryl methyl sites for hydroxylation is 1. The second kappa shape index (κ2) is 5.64. The van der Waals surface area contributed by atoms with E-state index in [2.05, 4.69) is 10.3 Å². The monoisotopic (exact) mass is 316 g/mol. The third-order valence-corrected chi connectivity index (χ3v) is 4.58. The van der Waals surface area contributed by atoms with Gasteiger partial charge in [0.05, 0.1) is 17.2 Å². The maximum Gasteiger partial charge on any atom is 0.491 e. The van der Waals surface area contributed by atoms with Gasteiger partial charge in [-0.25, -0.2) is 4.98 Å². The van der Waals surface area contributed by atoms with Gasteiger partial charge in [0, 0.05) is 12.5 Å². The smallest absolute Gasteiger partial charge is 0.423 e. The Hall–Kier alpha value is -2.03. The topological polar surface area (TPSA) is 88.5 Å². The number of Topliss-reactive ketones (excluding diaryl/α,β-unsaturated/α-hetero) is 1. The van der Waals surface area contributed by atoms with Gasteiger partial charge in [-0.2, -0.15) is 0 Å². The highest BCUT2D eigenvalue weighted by atomic mass is 32.1. The summed E-state index contributed by atoms with van der Waals surface area (Å²) in [6, 6.07) is 5.03. The van der Waals surface area contributed by atoms with E-state index in [0.29, 0.717) is 33.3 Å². The lowest BCUT2D eigenvalue weighted by atomic mass is 9.79. The highest BCUT2D eigenvalue weighted by molar-refractivity contribution is 7.17. The molecule has 8 heteroatoms. The highest BCUT2D eigenvalue weighted by Crippen LogP contribution is 2.23. The minimum Gasteiger partial charge on any atom is -0.423 e. The third-order valence-electron chi connectivity index (χ3n) is 3.41. The Kier molecular flexibility index (Phi) is 3.82. The summed E-state index contributed by atoms with van der Waals surface area (Å²) in [4.78, 5) is 28.4. The van der Waals surface area contributed by atoms with Crippen LogP contribution in [-0.2, 0) is 11.3 Å². The van der Waals surface area contributed by atoms with Gasteiger partial charge in [-0.1, -0.05) is 17.4 Å². The summed E-state index contributed by atoms with van der Waals surface area (Å²) in [5.74, 6) is -0.418. The molecule has 2 N–H and O–H groups in total. The molecule has 0 bridgehead atoms. The zero-order chi connectivity index (χ0) is 15.9. The number of aromatic nitrogens is 1. The first-order valence-electron chi connectivity index (χ1n) is 6.68. The van der Waals surface area contributed by atoms with Gasteiger partial charge < -0.3 is 9.68 Å². The molecule has 112 valence electrons. The molecule has 0 fully saturated rings. The van der Waals surface area contributed by atoms with Crippen molar-refractivity contribution in [2.24, 2.45) is 0 Å². The lowest BCUT2D eigenvalue weighted by Gasteiger charge is -2.04. The summed E-state index contributed by atoms with van der Waals surface area (Å²) in [6.45, 7) is 3.53. The first-order chi connectivity index (χ1) is 10.5. The van der Waals surface area contributed by atoms with E-state index in [1.54, 1.807) is 25.1 Å². The van der Waals surface area contributed by atoms with Crippen molar-refractivity contribution >= 4 is 40.7 Å². The van der Waals surface area contributed by atoms with Gasteiger partial charge in [0.2, 0.25) is 0 Å². The van der Waals surface area contributed by atoms with Crippen LogP contribution in [0.15, 0.2) is 18.2 Å². The second-order valence-corrected chi connectivity index (χ2v) is 6.02. The van der Waals surface area contributed by atoms with Crippen LogP contribution in [0.5, 0.6) is 0 Å². The molecule has 22 heavy (non-hydrogen) atoms. The van der Waals surface area contributed by atoms with E-state index in [1.165, 1.54) is 6.92 Å². The normalized spacial score (nSPS) is 13.1. The molecule has 0 aliphatic carbocycles. The van der Waals surface area contributed by atoms with Crippen LogP contribution in [0.4, 0.5) is 5.13 Å². The maximum absolute atomic E-state index is 12.3. The summed E-state index contributed by atoms with van der Waals surface area (Å²) in [7, 11) is -0.992. The van der Waals surface area contributed by atoms with Crippen molar-refractivity contribution < 1.29 is 19.3 Å². The van der Waals surface area contributed by atoms with Crippen molar-refractivity contribution in [3.8, 4) is 0 Å². The molecule has 0 spiro atoms. The van der Waals surface area contributed by atoms with Crippen LogP contribution in [0.3, 0.4) is 0 Å². The van der Waals surface area contributed by atoms with Gasteiger partial charge in [-0.3, -0.25) is 14.9 Å². The molecule has 0 saturated heterocycles.